The van der Waals surface area contributed by atoms with Crippen molar-refractivity contribution in [2.75, 3.05) is 0 Å². The fourth-order valence-electron chi connectivity index (χ4n) is 1.28. The number of rotatable bonds is 0. The molecule has 0 unspecified atom stereocenters. The first kappa shape index (κ1) is 4.80. The van der Waals surface area contributed by atoms with Gasteiger partial charge in [-0.2, -0.15) is 0 Å². The normalized spacial score (nSPS) is 22.0. The second-order valence-corrected chi connectivity index (χ2v) is 2.41. The summed E-state index contributed by atoms with van der Waals surface area (Å²) in [4.78, 5) is 0. The van der Waals surface area contributed by atoms with Crippen molar-refractivity contribution in [3.8, 4) is 0 Å². The minimum Gasteiger partial charge on any atom is -0.0949 e. The van der Waals surface area contributed by atoms with E-state index in [0.29, 0.717) is 0 Å². The summed E-state index contributed by atoms with van der Waals surface area (Å²) in [5.74, 6) is 0. The predicted molar refractivity (Wildman–Crippen MR) is 39.1 cm³/mol. The summed E-state index contributed by atoms with van der Waals surface area (Å²) in [7, 11) is 0. The molecule has 0 atom stereocenters. The van der Waals surface area contributed by atoms with Crippen molar-refractivity contribution in [1.29, 1.82) is 0 Å². The van der Waals surface area contributed by atoms with Crippen LogP contribution in [-0.4, -0.2) is 0 Å². The van der Waals surface area contributed by atoms with Gasteiger partial charge in [0.15, 0.2) is 0 Å². The average Bonchev–Trinajstić information content (AvgIpc) is 2.35. The van der Waals surface area contributed by atoms with Crippen molar-refractivity contribution in [2.24, 2.45) is 0 Å². The maximum Gasteiger partial charge on any atom is -0.00880 e. The lowest BCUT2D eigenvalue weighted by Gasteiger charge is -1.93. The topological polar surface area (TPSA) is 0 Å². The lowest BCUT2D eigenvalue weighted by molar-refractivity contribution is 1.34. The Morgan fingerprint density at radius 1 is 1.44 bits per heavy atom. The van der Waals surface area contributed by atoms with Gasteiger partial charge in [-0.15, -0.1) is 0 Å². The molecule has 0 N–H and O–H groups in total. The van der Waals surface area contributed by atoms with Gasteiger partial charge in [-0.05, 0) is 23.1 Å². The molecule has 0 bridgehead atoms. The molecule has 0 saturated heterocycles. The van der Waals surface area contributed by atoms with Crippen LogP contribution in [0.3, 0.4) is 0 Å². The Kier molecular flexibility index (Phi) is 0.786. The van der Waals surface area contributed by atoms with Crippen molar-refractivity contribution in [3.63, 3.8) is 0 Å². The second kappa shape index (κ2) is 1.47. The van der Waals surface area contributed by atoms with E-state index in [0.717, 1.165) is 6.42 Å². The summed E-state index contributed by atoms with van der Waals surface area (Å²) < 4.78 is 0. The van der Waals surface area contributed by atoms with Gasteiger partial charge in [0.25, 0.3) is 0 Å². The maximum atomic E-state index is 3.94. The Morgan fingerprint density at radius 2 is 2.33 bits per heavy atom. The summed E-state index contributed by atoms with van der Waals surface area (Å²) in [6.07, 6.45) is 9.60. The zero-order valence-corrected chi connectivity index (χ0v) is 5.22. The first-order valence-corrected chi connectivity index (χ1v) is 3.15. The van der Waals surface area contributed by atoms with Crippen molar-refractivity contribution < 1.29 is 0 Å². The molecule has 0 heteroatoms. The molecule has 2 rings (SSSR count). The third-order valence-electron chi connectivity index (χ3n) is 1.80. The summed E-state index contributed by atoms with van der Waals surface area (Å²) in [6, 6.07) is 0. The molecule has 0 aromatic carbocycles. The molecule has 0 nitrogen and oxygen atoms in total. The van der Waals surface area contributed by atoms with E-state index in [1.165, 1.54) is 16.7 Å². The fourth-order valence-corrected chi connectivity index (χ4v) is 1.28. The molecule has 0 fully saturated rings. The number of hydrogen-bond acceptors (Lipinski definition) is 0. The van der Waals surface area contributed by atoms with Crippen molar-refractivity contribution in [1.82, 2.24) is 0 Å². The molecular weight excluding hydrogens is 108 g/mol. The first-order valence-electron chi connectivity index (χ1n) is 3.15. The SMILES string of the molecule is C=C1CC=C2C=CC=C12. The van der Waals surface area contributed by atoms with E-state index in [1.54, 1.807) is 0 Å². The van der Waals surface area contributed by atoms with Gasteiger partial charge in [0.2, 0.25) is 0 Å². The van der Waals surface area contributed by atoms with Crippen LogP contribution in [0.25, 0.3) is 0 Å². The van der Waals surface area contributed by atoms with E-state index in [-0.39, 0.29) is 0 Å². The highest BCUT2D eigenvalue weighted by Gasteiger charge is 2.14. The van der Waals surface area contributed by atoms with E-state index in [9.17, 15) is 0 Å². The number of allylic oxidation sites excluding steroid dienone is 7. The van der Waals surface area contributed by atoms with Gasteiger partial charge in [-0.3, -0.25) is 0 Å². The second-order valence-electron chi connectivity index (χ2n) is 2.41. The molecule has 2 aliphatic rings. The summed E-state index contributed by atoms with van der Waals surface area (Å²) in [5, 5.41) is 0. The smallest absolute Gasteiger partial charge is 0.00880 e. The van der Waals surface area contributed by atoms with Gasteiger partial charge >= 0.3 is 0 Å². The number of fused-ring (bicyclic) bond motifs is 1. The van der Waals surface area contributed by atoms with Crippen molar-refractivity contribution in [2.45, 2.75) is 6.42 Å². The van der Waals surface area contributed by atoms with Gasteiger partial charge in [0.1, 0.15) is 0 Å². The molecule has 0 aromatic rings. The zero-order valence-electron chi connectivity index (χ0n) is 5.22. The molecule has 0 spiro atoms. The van der Waals surface area contributed by atoms with Crippen molar-refractivity contribution >= 4 is 0 Å². The predicted octanol–water partition coefficient (Wildman–Crippen LogP) is 2.37. The Labute approximate surface area is 54.9 Å². The van der Waals surface area contributed by atoms with Crippen LogP contribution < -0.4 is 0 Å². The highest BCUT2D eigenvalue weighted by molar-refractivity contribution is 5.61. The zero-order chi connectivity index (χ0) is 6.27. The molecule has 0 amide bonds. The molecular formula is C9H8. The van der Waals surface area contributed by atoms with Crippen LogP contribution >= 0.6 is 0 Å². The highest BCUT2D eigenvalue weighted by atomic mass is 14.2. The van der Waals surface area contributed by atoms with Crippen LogP contribution in [0.5, 0.6) is 0 Å². The first-order chi connectivity index (χ1) is 4.38. The standard InChI is InChI=1S/C9H8/c1-7-5-6-8-3-2-4-9(7)8/h2-4,6H,1,5H2. The molecule has 0 heterocycles. The van der Waals surface area contributed by atoms with Gasteiger partial charge in [0, 0.05) is 0 Å². The van der Waals surface area contributed by atoms with Gasteiger partial charge in [0.05, 0.1) is 0 Å². The Balaban J connectivity index is 2.53. The largest absolute Gasteiger partial charge is 0.0949 e. The molecule has 0 aliphatic heterocycles. The molecule has 9 heavy (non-hydrogen) atoms. The number of hydrogen-bond donors (Lipinski definition) is 0. The third kappa shape index (κ3) is 0.531. The van der Waals surface area contributed by atoms with Gasteiger partial charge < -0.3 is 0 Å². The van der Waals surface area contributed by atoms with Gasteiger partial charge in [-0.1, -0.05) is 30.9 Å². The molecule has 0 radical (unpaired) electrons. The monoisotopic (exact) mass is 116 g/mol. The molecule has 0 saturated carbocycles. The lowest BCUT2D eigenvalue weighted by Crippen LogP contribution is -1.75. The molecule has 2 aliphatic carbocycles. The van der Waals surface area contributed by atoms with Crippen LogP contribution in [0.1, 0.15) is 6.42 Å². The maximum absolute atomic E-state index is 3.94. The quantitative estimate of drug-likeness (QED) is 0.455. The summed E-state index contributed by atoms with van der Waals surface area (Å²) in [5.41, 5.74) is 3.96. The Bertz CT molecular complexity index is 249. The third-order valence-corrected chi connectivity index (χ3v) is 1.80. The van der Waals surface area contributed by atoms with E-state index >= 15 is 0 Å². The summed E-state index contributed by atoms with van der Waals surface area (Å²) >= 11 is 0. The Hall–Kier alpha value is -1.04. The molecule has 44 valence electrons. The Morgan fingerprint density at radius 3 is 3.11 bits per heavy atom. The van der Waals surface area contributed by atoms with Crippen LogP contribution in [0.4, 0.5) is 0 Å². The van der Waals surface area contributed by atoms with Gasteiger partial charge in [-0.25, -0.2) is 0 Å². The lowest BCUT2D eigenvalue weighted by atomic mass is 10.1. The van der Waals surface area contributed by atoms with Crippen LogP contribution in [0.2, 0.25) is 0 Å². The minimum atomic E-state index is 1.05. The highest BCUT2D eigenvalue weighted by Crippen LogP contribution is 2.33. The summed E-state index contributed by atoms with van der Waals surface area (Å²) in [6.45, 7) is 3.94. The van der Waals surface area contributed by atoms with E-state index in [4.69, 9.17) is 0 Å². The van der Waals surface area contributed by atoms with E-state index < -0.39 is 0 Å². The van der Waals surface area contributed by atoms with E-state index in [1.807, 2.05) is 0 Å². The minimum absolute atomic E-state index is 1.05. The van der Waals surface area contributed by atoms with Crippen molar-refractivity contribution in [3.05, 3.63) is 47.6 Å². The van der Waals surface area contributed by atoms with Crippen LogP contribution in [0.15, 0.2) is 47.6 Å². The average molecular weight is 116 g/mol. The van der Waals surface area contributed by atoms with Crippen LogP contribution in [0, 0.1) is 0 Å². The fraction of sp³-hybridized carbons (Fsp3) is 0.111. The molecule has 0 aromatic heterocycles. The van der Waals surface area contributed by atoms with Crippen LogP contribution in [-0.2, 0) is 0 Å². The van der Waals surface area contributed by atoms with E-state index in [2.05, 4.69) is 30.9 Å².